The Morgan fingerprint density at radius 3 is 2.28 bits per heavy atom. The summed E-state index contributed by atoms with van der Waals surface area (Å²) in [4.78, 5) is 28.5. The molecular weight excluding hydrogens is 316 g/mol. The molecule has 138 valence electrons. The van der Waals surface area contributed by atoms with Gasteiger partial charge in [-0.3, -0.25) is 9.59 Å². The van der Waals surface area contributed by atoms with Gasteiger partial charge in [-0.25, -0.2) is 0 Å². The van der Waals surface area contributed by atoms with Gasteiger partial charge in [0.1, 0.15) is 5.75 Å². The minimum Gasteiger partial charge on any atom is -0.484 e. The number of carbonyl (C=O) groups excluding carboxylic acids is 2. The highest BCUT2D eigenvalue weighted by molar-refractivity contribution is 5.82. The Morgan fingerprint density at radius 1 is 1.00 bits per heavy atom. The first-order valence-electron chi connectivity index (χ1n) is 8.95. The molecule has 1 heterocycles. The molecule has 0 atom stereocenters. The molecule has 0 unspecified atom stereocenters. The van der Waals surface area contributed by atoms with Crippen molar-refractivity contribution in [2.24, 2.45) is 5.41 Å². The van der Waals surface area contributed by atoms with Crippen LogP contribution in [0.5, 0.6) is 5.75 Å². The van der Waals surface area contributed by atoms with Crippen LogP contribution in [0.3, 0.4) is 0 Å². The number of benzene rings is 1. The molecule has 5 nitrogen and oxygen atoms in total. The van der Waals surface area contributed by atoms with Crippen LogP contribution in [0.1, 0.15) is 38.3 Å². The van der Waals surface area contributed by atoms with Gasteiger partial charge in [-0.05, 0) is 43.5 Å². The number of rotatable bonds is 3. The van der Waals surface area contributed by atoms with Gasteiger partial charge in [0.25, 0.3) is 5.91 Å². The van der Waals surface area contributed by atoms with Crippen LogP contribution < -0.4 is 4.74 Å². The second kappa shape index (κ2) is 7.89. The molecule has 5 heteroatoms. The quantitative estimate of drug-likeness (QED) is 0.846. The van der Waals surface area contributed by atoms with Crippen LogP contribution in [0, 0.1) is 19.3 Å². The normalized spacial score (nSPS) is 15.7. The third kappa shape index (κ3) is 5.21. The zero-order chi connectivity index (χ0) is 18.6. The summed E-state index contributed by atoms with van der Waals surface area (Å²) in [6.45, 7) is 12.4. The van der Waals surface area contributed by atoms with Crippen LogP contribution in [0.15, 0.2) is 18.2 Å². The second-order valence-electron chi connectivity index (χ2n) is 7.81. The Labute approximate surface area is 150 Å². The summed E-state index contributed by atoms with van der Waals surface area (Å²) in [5.74, 6) is 0.840. The van der Waals surface area contributed by atoms with Gasteiger partial charge in [-0.1, -0.05) is 26.8 Å². The Bertz CT molecular complexity index is 634. The van der Waals surface area contributed by atoms with Gasteiger partial charge in [-0.2, -0.15) is 0 Å². The Hall–Kier alpha value is -2.04. The standard InChI is InChI=1S/C20H30N2O3/c1-15-7-8-17(13-16(15)2)25-14-18(23)21-9-6-10-22(12-11-21)19(24)20(3,4)5/h7-8,13H,6,9-12,14H2,1-5H3. The highest BCUT2D eigenvalue weighted by Gasteiger charge is 2.29. The molecule has 0 aliphatic carbocycles. The van der Waals surface area contributed by atoms with Crippen molar-refractivity contribution in [3.05, 3.63) is 29.3 Å². The number of aryl methyl sites for hydroxylation is 2. The van der Waals surface area contributed by atoms with Crippen molar-refractivity contribution in [3.63, 3.8) is 0 Å². The summed E-state index contributed by atoms with van der Waals surface area (Å²) in [6.07, 6.45) is 0.803. The van der Waals surface area contributed by atoms with Gasteiger partial charge in [0.2, 0.25) is 5.91 Å². The number of amides is 2. The Kier molecular flexibility index (Phi) is 6.09. The molecule has 0 saturated carbocycles. The molecule has 1 saturated heterocycles. The third-order valence-electron chi connectivity index (χ3n) is 4.62. The van der Waals surface area contributed by atoms with Crippen LogP contribution in [0.4, 0.5) is 0 Å². The Morgan fingerprint density at radius 2 is 1.64 bits per heavy atom. The van der Waals surface area contributed by atoms with Crippen molar-refractivity contribution in [3.8, 4) is 5.75 Å². The summed E-state index contributed by atoms with van der Waals surface area (Å²) in [5.41, 5.74) is 1.97. The smallest absolute Gasteiger partial charge is 0.260 e. The molecule has 1 aliphatic rings. The van der Waals surface area contributed by atoms with E-state index in [1.54, 1.807) is 4.90 Å². The first-order chi connectivity index (χ1) is 11.7. The molecule has 1 aromatic rings. The molecule has 0 aromatic heterocycles. The van der Waals surface area contributed by atoms with E-state index >= 15 is 0 Å². The van der Waals surface area contributed by atoms with Gasteiger partial charge >= 0.3 is 0 Å². The summed E-state index contributed by atoms with van der Waals surface area (Å²) in [6, 6.07) is 5.84. The summed E-state index contributed by atoms with van der Waals surface area (Å²) < 4.78 is 5.65. The van der Waals surface area contributed by atoms with Gasteiger partial charge in [0.05, 0.1) is 0 Å². The lowest BCUT2D eigenvalue weighted by molar-refractivity contribution is -0.140. The van der Waals surface area contributed by atoms with Crippen LogP contribution in [0.25, 0.3) is 0 Å². The maximum atomic E-state index is 12.4. The van der Waals surface area contributed by atoms with Gasteiger partial charge in [0, 0.05) is 31.6 Å². The SMILES string of the molecule is Cc1ccc(OCC(=O)N2CCCN(C(=O)C(C)(C)C)CC2)cc1C. The predicted octanol–water partition coefficient (Wildman–Crippen LogP) is 2.79. The molecule has 0 spiro atoms. The monoisotopic (exact) mass is 346 g/mol. The second-order valence-corrected chi connectivity index (χ2v) is 7.81. The van der Waals surface area contributed by atoms with E-state index < -0.39 is 0 Å². The fourth-order valence-corrected chi connectivity index (χ4v) is 2.88. The minimum atomic E-state index is -0.383. The van der Waals surface area contributed by atoms with E-state index in [0.717, 1.165) is 17.7 Å². The van der Waals surface area contributed by atoms with Crippen molar-refractivity contribution < 1.29 is 14.3 Å². The van der Waals surface area contributed by atoms with Crippen LogP contribution in [-0.4, -0.2) is 54.4 Å². The van der Waals surface area contributed by atoms with E-state index in [2.05, 4.69) is 0 Å². The summed E-state index contributed by atoms with van der Waals surface area (Å²) >= 11 is 0. The first kappa shape index (κ1) is 19.3. The van der Waals surface area contributed by atoms with Gasteiger partial charge in [-0.15, -0.1) is 0 Å². The molecule has 1 aliphatic heterocycles. The number of ether oxygens (including phenoxy) is 1. The zero-order valence-corrected chi connectivity index (χ0v) is 16.1. The van der Waals surface area contributed by atoms with E-state index in [1.807, 2.05) is 57.7 Å². The van der Waals surface area contributed by atoms with E-state index in [0.29, 0.717) is 26.2 Å². The van der Waals surface area contributed by atoms with E-state index in [-0.39, 0.29) is 23.8 Å². The lowest BCUT2D eigenvalue weighted by Gasteiger charge is -2.28. The van der Waals surface area contributed by atoms with Crippen molar-refractivity contribution in [2.75, 3.05) is 32.8 Å². The Balaban J connectivity index is 1.88. The molecule has 2 amide bonds. The minimum absolute atomic E-state index is 0.0247. The van der Waals surface area contributed by atoms with Crippen LogP contribution >= 0.6 is 0 Å². The maximum absolute atomic E-state index is 12.4. The van der Waals surface area contributed by atoms with E-state index in [9.17, 15) is 9.59 Å². The average Bonchev–Trinajstić information content (AvgIpc) is 2.80. The molecular formula is C20H30N2O3. The third-order valence-corrected chi connectivity index (χ3v) is 4.62. The fraction of sp³-hybridized carbons (Fsp3) is 0.600. The molecule has 0 radical (unpaired) electrons. The number of hydrogen-bond acceptors (Lipinski definition) is 3. The largest absolute Gasteiger partial charge is 0.484 e. The van der Waals surface area contributed by atoms with Crippen LogP contribution in [0.2, 0.25) is 0 Å². The summed E-state index contributed by atoms with van der Waals surface area (Å²) in [5, 5.41) is 0. The lowest BCUT2D eigenvalue weighted by Crippen LogP contribution is -2.42. The van der Waals surface area contributed by atoms with Crippen molar-refractivity contribution in [2.45, 2.75) is 41.0 Å². The fourth-order valence-electron chi connectivity index (χ4n) is 2.88. The van der Waals surface area contributed by atoms with Crippen molar-refractivity contribution in [1.29, 1.82) is 0 Å². The van der Waals surface area contributed by atoms with Crippen LogP contribution in [-0.2, 0) is 9.59 Å². The highest BCUT2D eigenvalue weighted by atomic mass is 16.5. The number of nitrogens with zero attached hydrogens (tertiary/aromatic N) is 2. The van der Waals surface area contributed by atoms with E-state index in [4.69, 9.17) is 4.74 Å². The molecule has 2 rings (SSSR count). The summed E-state index contributed by atoms with van der Waals surface area (Å²) in [7, 11) is 0. The molecule has 1 fully saturated rings. The van der Waals surface area contributed by atoms with E-state index in [1.165, 1.54) is 5.56 Å². The maximum Gasteiger partial charge on any atom is 0.260 e. The average molecular weight is 346 g/mol. The molecule has 0 bridgehead atoms. The van der Waals surface area contributed by atoms with Crippen molar-refractivity contribution >= 4 is 11.8 Å². The first-order valence-corrected chi connectivity index (χ1v) is 8.95. The molecule has 1 aromatic carbocycles. The molecule has 25 heavy (non-hydrogen) atoms. The zero-order valence-electron chi connectivity index (χ0n) is 16.1. The van der Waals surface area contributed by atoms with Gasteiger partial charge in [0.15, 0.2) is 6.61 Å². The molecule has 0 N–H and O–H groups in total. The van der Waals surface area contributed by atoms with Gasteiger partial charge < -0.3 is 14.5 Å². The topological polar surface area (TPSA) is 49.9 Å². The van der Waals surface area contributed by atoms with Crippen molar-refractivity contribution in [1.82, 2.24) is 9.80 Å². The highest BCUT2D eigenvalue weighted by Crippen LogP contribution is 2.19. The lowest BCUT2D eigenvalue weighted by atomic mass is 9.94. The number of carbonyl (C=O) groups is 2. The predicted molar refractivity (Wildman–Crippen MR) is 98.6 cm³/mol. The number of hydrogen-bond donors (Lipinski definition) is 0.